The summed E-state index contributed by atoms with van der Waals surface area (Å²) in [6.07, 6.45) is 0. The van der Waals surface area contributed by atoms with Crippen LogP contribution >= 0.6 is 0 Å². The van der Waals surface area contributed by atoms with Crippen LogP contribution in [0.2, 0.25) is 0 Å². The summed E-state index contributed by atoms with van der Waals surface area (Å²) in [7, 11) is 5.68. The summed E-state index contributed by atoms with van der Waals surface area (Å²) < 4.78 is 5.23. The molecular formula is C21H28N2O2. The number of rotatable bonds is 6. The molecule has 0 bridgehead atoms. The third-order valence-electron chi connectivity index (χ3n) is 4.95. The van der Waals surface area contributed by atoms with Crippen LogP contribution in [-0.4, -0.2) is 37.6 Å². The molecule has 2 rings (SSSR count). The molecule has 0 aliphatic heterocycles. The molecule has 1 amide bonds. The molecule has 0 aromatic heterocycles. The second-order valence-electron chi connectivity index (χ2n) is 7.05. The number of carbonyl (C=O) groups excluding carboxylic acids is 1. The lowest BCUT2D eigenvalue weighted by molar-refractivity contribution is 0.0839. The molecule has 25 heavy (non-hydrogen) atoms. The van der Waals surface area contributed by atoms with Gasteiger partial charge in [-0.05, 0) is 64.2 Å². The third kappa shape index (κ3) is 4.20. The minimum atomic E-state index is -0.253. The van der Waals surface area contributed by atoms with Crippen molar-refractivity contribution in [3.8, 4) is 5.75 Å². The number of aryl methyl sites for hydroxylation is 1. The minimum absolute atomic E-state index is 0.0797. The van der Waals surface area contributed by atoms with E-state index in [0.717, 1.165) is 16.9 Å². The Labute approximate surface area is 150 Å². The molecule has 0 heterocycles. The van der Waals surface area contributed by atoms with Gasteiger partial charge in [-0.3, -0.25) is 4.79 Å². The number of hydrogen-bond acceptors (Lipinski definition) is 3. The van der Waals surface area contributed by atoms with E-state index in [1.54, 1.807) is 7.11 Å². The van der Waals surface area contributed by atoms with Gasteiger partial charge in [0, 0.05) is 11.1 Å². The third-order valence-corrected chi connectivity index (χ3v) is 4.95. The highest BCUT2D eigenvalue weighted by molar-refractivity contribution is 5.96. The quantitative estimate of drug-likeness (QED) is 0.869. The maximum atomic E-state index is 12.9. The molecular weight excluding hydrogens is 312 g/mol. The molecule has 0 saturated heterocycles. The summed E-state index contributed by atoms with van der Waals surface area (Å²) >= 11 is 0. The largest absolute Gasteiger partial charge is 0.497 e. The molecule has 2 aromatic carbocycles. The minimum Gasteiger partial charge on any atom is -0.497 e. The van der Waals surface area contributed by atoms with Gasteiger partial charge in [-0.1, -0.05) is 30.3 Å². The van der Waals surface area contributed by atoms with Crippen molar-refractivity contribution in [3.05, 3.63) is 65.2 Å². The number of likely N-dealkylation sites (N-methyl/N-ethyl adjacent to an activating group) is 1. The molecule has 0 fully saturated rings. The first-order valence-corrected chi connectivity index (χ1v) is 8.45. The number of benzene rings is 2. The van der Waals surface area contributed by atoms with E-state index in [-0.39, 0.29) is 17.5 Å². The van der Waals surface area contributed by atoms with Crippen LogP contribution < -0.4 is 10.1 Å². The highest BCUT2D eigenvalue weighted by Gasteiger charge is 2.34. The van der Waals surface area contributed by atoms with Crippen molar-refractivity contribution in [1.82, 2.24) is 10.2 Å². The van der Waals surface area contributed by atoms with Gasteiger partial charge in [-0.2, -0.15) is 0 Å². The lowest BCUT2D eigenvalue weighted by atomic mass is 9.87. The van der Waals surface area contributed by atoms with Crippen molar-refractivity contribution >= 4 is 5.91 Å². The van der Waals surface area contributed by atoms with E-state index >= 15 is 0 Å². The normalized spacial score (nSPS) is 12.8. The van der Waals surface area contributed by atoms with E-state index in [0.29, 0.717) is 5.56 Å². The molecule has 2 aromatic rings. The van der Waals surface area contributed by atoms with E-state index in [9.17, 15) is 4.79 Å². The number of nitrogens with zero attached hydrogens (tertiary/aromatic N) is 1. The molecule has 1 N–H and O–H groups in total. The van der Waals surface area contributed by atoms with Crippen LogP contribution in [0.1, 0.15) is 41.4 Å². The van der Waals surface area contributed by atoms with Crippen molar-refractivity contribution in [1.29, 1.82) is 0 Å². The van der Waals surface area contributed by atoms with E-state index in [4.69, 9.17) is 4.74 Å². The first-order valence-electron chi connectivity index (χ1n) is 8.45. The average Bonchev–Trinajstić information content (AvgIpc) is 2.59. The van der Waals surface area contributed by atoms with Gasteiger partial charge in [0.1, 0.15) is 5.75 Å². The van der Waals surface area contributed by atoms with Gasteiger partial charge in [0.25, 0.3) is 5.91 Å². The Morgan fingerprint density at radius 3 is 2.28 bits per heavy atom. The maximum Gasteiger partial charge on any atom is 0.252 e. The number of hydrogen-bond donors (Lipinski definition) is 1. The zero-order valence-electron chi connectivity index (χ0n) is 16.0. The van der Waals surface area contributed by atoms with Gasteiger partial charge < -0.3 is 15.0 Å². The second-order valence-corrected chi connectivity index (χ2v) is 7.05. The maximum absolute atomic E-state index is 12.9. The van der Waals surface area contributed by atoms with Crippen molar-refractivity contribution < 1.29 is 9.53 Å². The van der Waals surface area contributed by atoms with Gasteiger partial charge in [-0.25, -0.2) is 0 Å². The zero-order chi connectivity index (χ0) is 18.6. The summed E-state index contributed by atoms with van der Waals surface area (Å²) in [5.41, 5.74) is 2.39. The van der Waals surface area contributed by atoms with Gasteiger partial charge in [0.2, 0.25) is 0 Å². The predicted molar refractivity (Wildman–Crippen MR) is 102 cm³/mol. The molecule has 1 atom stereocenters. The Balaban J connectivity index is 2.35. The van der Waals surface area contributed by atoms with Crippen LogP contribution in [0, 0.1) is 6.92 Å². The van der Waals surface area contributed by atoms with Crippen LogP contribution in [0.25, 0.3) is 0 Å². The van der Waals surface area contributed by atoms with Crippen molar-refractivity contribution in [2.45, 2.75) is 32.4 Å². The molecule has 1 unspecified atom stereocenters. The van der Waals surface area contributed by atoms with Gasteiger partial charge in [0.15, 0.2) is 0 Å². The fourth-order valence-electron chi connectivity index (χ4n) is 2.80. The monoisotopic (exact) mass is 340 g/mol. The van der Waals surface area contributed by atoms with Gasteiger partial charge in [0.05, 0.1) is 13.2 Å². The first kappa shape index (κ1) is 19.0. The molecule has 134 valence electrons. The average molecular weight is 340 g/mol. The smallest absolute Gasteiger partial charge is 0.252 e. The Hall–Kier alpha value is -2.33. The lowest BCUT2D eigenvalue weighted by Gasteiger charge is -2.41. The molecule has 0 aliphatic rings. The number of nitrogens with one attached hydrogen (secondary N) is 1. The fourth-order valence-corrected chi connectivity index (χ4v) is 2.80. The highest BCUT2D eigenvalue weighted by Crippen LogP contribution is 2.30. The van der Waals surface area contributed by atoms with Crippen molar-refractivity contribution in [2.24, 2.45) is 0 Å². The Morgan fingerprint density at radius 2 is 1.76 bits per heavy atom. The van der Waals surface area contributed by atoms with E-state index in [2.05, 4.69) is 36.2 Å². The molecule has 0 spiro atoms. The van der Waals surface area contributed by atoms with Crippen LogP contribution in [0.5, 0.6) is 5.75 Å². The van der Waals surface area contributed by atoms with Crippen LogP contribution in [-0.2, 0) is 0 Å². The highest BCUT2D eigenvalue weighted by atomic mass is 16.5. The Kier molecular flexibility index (Phi) is 5.85. The summed E-state index contributed by atoms with van der Waals surface area (Å²) in [5.74, 6) is 0.672. The topological polar surface area (TPSA) is 41.6 Å². The summed E-state index contributed by atoms with van der Waals surface area (Å²) in [6, 6.07) is 15.5. The van der Waals surface area contributed by atoms with Crippen LogP contribution in [0.4, 0.5) is 0 Å². The summed E-state index contributed by atoms with van der Waals surface area (Å²) in [4.78, 5) is 15.1. The fraction of sp³-hybridized carbons (Fsp3) is 0.381. The molecule has 4 nitrogen and oxygen atoms in total. The molecule has 0 radical (unpaired) electrons. The molecule has 0 aliphatic carbocycles. The van der Waals surface area contributed by atoms with Crippen LogP contribution in [0.3, 0.4) is 0 Å². The number of ether oxygens (including phenoxy) is 1. The molecule has 4 heteroatoms. The number of methoxy groups -OCH3 is 1. The van der Waals surface area contributed by atoms with Crippen molar-refractivity contribution in [3.63, 3.8) is 0 Å². The van der Waals surface area contributed by atoms with Gasteiger partial charge in [-0.15, -0.1) is 0 Å². The number of amides is 1. The standard InChI is InChI=1S/C21H28N2O2/c1-15-14-17(25-6)12-13-18(15)20(24)22-19(21(2,3)23(4)5)16-10-8-7-9-11-16/h7-14,19H,1-6H3,(H,22,24). The van der Waals surface area contributed by atoms with Crippen LogP contribution in [0.15, 0.2) is 48.5 Å². The second kappa shape index (κ2) is 7.70. The Morgan fingerprint density at radius 1 is 1.12 bits per heavy atom. The van der Waals surface area contributed by atoms with Gasteiger partial charge >= 0.3 is 0 Å². The van der Waals surface area contributed by atoms with E-state index in [1.165, 1.54) is 0 Å². The lowest BCUT2D eigenvalue weighted by Crippen LogP contribution is -2.50. The zero-order valence-corrected chi connectivity index (χ0v) is 16.0. The molecule has 0 saturated carbocycles. The predicted octanol–water partition coefficient (Wildman–Crippen LogP) is 3.81. The van der Waals surface area contributed by atoms with E-state index in [1.807, 2.05) is 57.4 Å². The van der Waals surface area contributed by atoms with E-state index < -0.39 is 0 Å². The Bertz CT molecular complexity index is 724. The SMILES string of the molecule is COc1ccc(C(=O)NC(c2ccccc2)C(C)(C)N(C)C)c(C)c1. The summed E-state index contributed by atoms with van der Waals surface area (Å²) in [6.45, 7) is 6.18. The first-order chi connectivity index (χ1) is 11.8. The number of carbonyl (C=O) groups is 1. The van der Waals surface area contributed by atoms with Crippen molar-refractivity contribution in [2.75, 3.05) is 21.2 Å². The summed E-state index contributed by atoms with van der Waals surface area (Å²) in [5, 5.41) is 3.23.